The fraction of sp³-hybridized carbons (Fsp3) is 0.727. The fourth-order valence-corrected chi connectivity index (χ4v) is 1.70. The van der Waals surface area contributed by atoms with Gasteiger partial charge in [0.25, 0.3) is 0 Å². The molecule has 1 atom stereocenters. The Kier molecular flexibility index (Phi) is 5.16. The van der Waals surface area contributed by atoms with Crippen LogP contribution in [-0.4, -0.2) is 48.3 Å². The molecule has 0 aromatic heterocycles. The van der Waals surface area contributed by atoms with Crippen molar-refractivity contribution in [3.8, 4) is 11.8 Å². The van der Waals surface area contributed by atoms with Gasteiger partial charge in [-0.05, 0) is 6.92 Å². The molecule has 1 fully saturated rings. The molecule has 0 radical (unpaired) electrons. The van der Waals surface area contributed by atoms with Crippen molar-refractivity contribution < 1.29 is 14.6 Å². The van der Waals surface area contributed by atoms with Crippen molar-refractivity contribution in [3.63, 3.8) is 0 Å². The van der Waals surface area contributed by atoms with Gasteiger partial charge in [-0.2, -0.15) is 0 Å². The highest BCUT2D eigenvalue weighted by atomic mass is 16.5. The van der Waals surface area contributed by atoms with E-state index in [2.05, 4.69) is 16.7 Å². The Hall–Kier alpha value is -1.05. The van der Waals surface area contributed by atoms with Gasteiger partial charge in [-0.15, -0.1) is 11.8 Å². The molecule has 4 nitrogen and oxygen atoms in total. The molecule has 1 aliphatic heterocycles. The molecule has 0 bridgehead atoms. The zero-order valence-corrected chi connectivity index (χ0v) is 9.03. The van der Waals surface area contributed by atoms with Gasteiger partial charge in [0.2, 0.25) is 0 Å². The summed E-state index contributed by atoms with van der Waals surface area (Å²) in [5.41, 5.74) is 0. The van der Waals surface area contributed by atoms with Crippen LogP contribution in [0.25, 0.3) is 0 Å². The van der Waals surface area contributed by atoms with Crippen LogP contribution < -0.4 is 0 Å². The predicted octanol–water partition coefficient (Wildman–Crippen LogP) is 0.575. The number of aliphatic carboxylic acids is 1. The van der Waals surface area contributed by atoms with E-state index in [0.717, 1.165) is 19.5 Å². The van der Waals surface area contributed by atoms with Crippen molar-refractivity contribution in [1.82, 2.24) is 4.90 Å². The van der Waals surface area contributed by atoms with Crippen molar-refractivity contribution >= 4 is 5.97 Å². The first-order valence-corrected chi connectivity index (χ1v) is 5.17. The van der Waals surface area contributed by atoms with E-state index in [1.807, 2.05) is 6.92 Å². The van der Waals surface area contributed by atoms with Crippen LogP contribution in [0.3, 0.4) is 0 Å². The molecule has 15 heavy (non-hydrogen) atoms. The third-order valence-corrected chi connectivity index (χ3v) is 2.46. The van der Waals surface area contributed by atoms with Gasteiger partial charge in [0.1, 0.15) is 0 Å². The van der Waals surface area contributed by atoms with Crippen molar-refractivity contribution in [2.75, 3.05) is 26.3 Å². The first kappa shape index (κ1) is 12.0. The highest BCUT2D eigenvalue weighted by molar-refractivity contribution is 5.67. The smallest absolute Gasteiger partial charge is 0.305 e. The highest BCUT2D eigenvalue weighted by Gasteiger charge is 2.24. The van der Waals surface area contributed by atoms with Gasteiger partial charge in [-0.3, -0.25) is 9.69 Å². The maximum Gasteiger partial charge on any atom is 0.305 e. The Morgan fingerprint density at radius 1 is 1.67 bits per heavy atom. The first-order valence-electron chi connectivity index (χ1n) is 5.17. The van der Waals surface area contributed by atoms with Crippen molar-refractivity contribution in [3.05, 3.63) is 0 Å². The molecule has 0 amide bonds. The van der Waals surface area contributed by atoms with E-state index in [9.17, 15) is 4.79 Å². The summed E-state index contributed by atoms with van der Waals surface area (Å²) in [5, 5.41) is 8.74. The van der Waals surface area contributed by atoms with E-state index in [1.165, 1.54) is 0 Å². The van der Waals surface area contributed by atoms with Crippen LogP contribution in [0, 0.1) is 11.8 Å². The summed E-state index contributed by atoms with van der Waals surface area (Å²) in [6.45, 7) is 4.67. The molecule has 1 N–H and O–H groups in total. The van der Waals surface area contributed by atoms with E-state index in [1.54, 1.807) is 0 Å². The molecule has 1 heterocycles. The van der Waals surface area contributed by atoms with E-state index in [0.29, 0.717) is 13.2 Å². The second kappa shape index (κ2) is 6.44. The molecule has 4 heteroatoms. The molecule has 1 rings (SSSR count). The van der Waals surface area contributed by atoms with Crippen molar-refractivity contribution in [2.24, 2.45) is 0 Å². The Bertz CT molecular complexity index is 267. The second-order valence-electron chi connectivity index (χ2n) is 3.54. The van der Waals surface area contributed by atoms with Crippen molar-refractivity contribution in [1.29, 1.82) is 0 Å². The second-order valence-corrected chi connectivity index (χ2v) is 3.54. The van der Waals surface area contributed by atoms with Gasteiger partial charge in [0, 0.05) is 25.6 Å². The summed E-state index contributed by atoms with van der Waals surface area (Å²) >= 11 is 0. The van der Waals surface area contributed by atoms with Gasteiger partial charge in [0.15, 0.2) is 0 Å². The molecule has 0 aromatic rings. The largest absolute Gasteiger partial charge is 0.481 e. The number of nitrogens with zero attached hydrogens (tertiary/aromatic N) is 1. The number of rotatable bonds is 4. The number of morpholine rings is 1. The van der Waals surface area contributed by atoms with Crippen LogP contribution in [0.1, 0.15) is 19.8 Å². The third kappa shape index (κ3) is 4.32. The Labute approximate surface area is 90.2 Å². The maximum atomic E-state index is 10.6. The average Bonchev–Trinajstić information content (AvgIpc) is 2.20. The molecule has 84 valence electrons. The molecule has 1 unspecified atom stereocenters. The minimum absolute atomic E-state index is 0.00917. The van der Waals surface area contributed by atoms with Crippen LogP contribution in [0.5, 0.6) is 0 Å². The van der Waals surface area contributed by atoms with E-state index in [4.69, 9.17) is 9.84 Å². The fourth-order valence-electron chi connectivity index (χ4n) is 1.70. The van der Waals surface area contributed by atoms with E-state index >= 15 is 0 Å². The van der Waals surface area contributed by atoms with Crippen LogP contribution in [0.4, 0.5) is 0 Å². The summed E-state index contributed by atoms with van der Waals surface area (Å²) in [6, 6.07) is 0.00917. The number of carbonyl (C=O) groups is 1. The average molecular weight is 211 g/mol. The molecule has 0 saturated carbocycles. The number of hydrogen-bond acceptors (Lipinski definition) is 3. The van der Waals surface area contributed by atoms with Crippen LogP contribution in [0.2, 0.25) is 0 Å². The van der Waals surface area contributed by atoms with Crippen LogP contribution in [-0.2, 0) is 9.53 Å². The van der Waals surface area contributed by atoms with Gasteiger partial charge < -0.3 is 9.84 Å². The summed E-state index contributed by atoms with van der Waals surface area (Å²) < 4.78 is 5.28. The molecule has 0 aromatic carbocycles. The SMILES string of the molecule is CC#CCCN1CCOCC1CC(=O)O. The minimum Gasteiger partial charge on any atom is -0.481 e. The molecule has 0 aliphatic carbocycles. The lowest BCUT2D eigenvalue weighted by Crippen LogP contribution is -2.46. The van der Waals surface area contributed by atoms with E-state index < -0.39 is 5.97 Å². The standard InChI is InChI=1S/C11H17NO3/c1-2-3-4-5-12-6-7-15-9-10(12)8-11(13)14/h10H,4-9H2,1H3,(H,13,14). The van der Waals surface area contributed by atoms with Crippen LogP contribution >= 0.6 is 0 Å². The summed E-state index contributed by atoms with van der Waals surface area (Å²) in [5.74, 6) is 5.06. The summed E-state index contributed by atoms with van der Waals surface area (Å²) in [4.78, 5) is 12.8. The summed E-state index contributed by atoms with van der Waals surface area (Å²) in [7, 11) is 0. The monoisotopic (exact) mass is 211 g/mol. The zero-order valence-electron chi connectivity index (χ0n) is 9.03. The van der Waals surface area contributed by atoms with Gasteiger partial charge in [0.05, 0.1) is 19.6 Å². The number of ether oxygens (including phenoxy) is 1. The highest BCUT2D eigenvalue weighted by Crippen LogP contribution is 2.10. The lowest BCUT2D eigenvalue weighted by molar-refractivity contribution is -0.140. The Morgan fingerprint density at radius 3 is 3.13 bits per heavy atom. The first-order chi connectivity index (χ1) is 7.24. The van der Waals surface area contributed by atoms with Gasteiger partial charge >= 0.3 is 5.97 Å². The molecule has 1 saturated heterocycles. The van der Waals surface area contributed by atoms with Crippen LogP contribution in [0.15, 0.2) is 0 Å². The third-order valence-electron chi connectivity index (χ3n) is 2.46. The predicted molar refractivity (Wildman–Crippen MR) is 56.5 cm³/mol. The lowest BCUT2D eigenvalue weighted by Gasteiger charge is -2.34. The van der Waals surface area contributed by atoms with Gasteiger partial charge in [-0.1, -0.05) is 0 Å². The molecule has 1 aliphatic rings. The number of carboxylic acids is 1. The number of carboxylic acid groups (broad SMARTS) is 1. The lowest BCUT2D eigenvalue weighted by atomic mass is 10.1. The Morgan fingerprint density at radius 2 is 2.47 bits per heavy atom. The minimum atomic E-state index is -0.767. The summed E-state index contributed by atoms with van der Waals surface area (Å²) in [6.07, 6.45) is 0.951. The molecule has 0 spiro atoms. The number of hydrogen-bond donors (Lipinski definition) is 1. The van der Waals surface area contributed by atoms with Crippen molar-refractivity contribution in [2.45, 2.75) is 25.8 Å². The maximum absolute atomic E-state index is 10.6. The zero-order chi connectivity index (χ0) is 11.1. The molecular formula is C11H17NO3. The van der Waals surface area contributed by atoms with Gasteiger partial charge in [-0.25, -0.2) is 0 Å². The Balaban J connectivity index is 2.40. The molecular weight excluding hydrogens is 194 g/mol. The topological polar surface area (TPSA) is 49.8 Å². The van der Waals surface area contributed by atoms with E-state index in [-0.39, 0.29) is 12.5 Å². The normalized spacial score (nSPS) is 21.8. The quantitative estimate of drug-likeness (QED) is 0.691.